The van der Waals surface area contributed by atoms with Crippen molar-refractivity contribution < 1.29 is 4.79 Å². The van der Waals surface area contributed by atoms with E-state index < -0.39 is 0 Å². The third-order valence-electron chi connectivity index (χ3n) is 2.18. The number of halogens is 1. The van der Waals surface area contributed by atoms with E-state index >= 15 is 0 Å². The Balaban J connectivity index is 2.25. The zero-order chi connectivity index (χ0) is 9.42. The van der Waals surface area contributed by atoms with Crippen molar-refractivity contribution in [2.45, 2.75) is 19.3 Å². The van der Waals surface area contributed by atoms with Gasteiger partial charge in [-0.05, 0) is 28.9 Å². The lowest BCUT2D eigenvalue weighted by Gasteiger charge is -2.03. The summed E-state index contributed by atoms with van der Waals surface area (Å²) in [7, 11) is 0. The number of carbonyl (C=O) groups excluding carboxylic acids is 1. The molecule has 1 saturated heterocycles. The molecule has 1 aliphatic rings. The first kappa shape index (κ1) is 9.21. The minimum absolute atomic E-state index is 0.169. The summed E-state index contributed by atoms with van der Waals surface area (Å²) in [5.41, 5.74) is 0. The first-order valence-electron chi connectivity index (χ1n) is 4.19. The highest BCUT2D eigenvalue weighted by molar-refractivity contribution is 9.10. The number of thiophene rings is 1. The van der Waals surface area contributed by atoms with Crippen LogP contribution >= 0.6 is 27.3 Å². The van der Waals surface area contributed by atoms with Crippen LogP contribution in [0.4, 0.5) is 0 Å². The van der Waals surface area contributed by atoms with E-state index in [1.807, 2.05) is 0 Å². The Morgan fingerprint density at radius 1 is 1.69 bits per heavy atom. The van der Waals surface area contributed by atoms with Crippen molar-refractivity contribution in [3.8, 4) is 0 Å². The fourth-order valence-electron chi connectivity index (χ4n) is 1.57. The Hall–Kier alpha value is -0.350. The molecule has 0 radical (unpaired) electrons. The average Bonchev–Trinajstić information content (AvgIpc) is 2.58. The summed E-state index contributed by atoms with van der Waals surface area (Å²) < 4.78 is 1.15. The summed E-state index contributed by atoms with van der Waals surface area (Å²) >= 11 is 5.29. The second-order valence-electron chi connectivity index (χ2n) is 3.27. The zero-order valence-corrected chi connectivity index (χ0v) is 9.67. The highest BCUT2D eigenvalue weighted by Crippen LogP contribution is 2.36. The van der Waals surface area contributed by atoms with Gasteiger partial charge in [0, 0.05) is 33.1 Å². The second kappa shape index (κ2) is 3.42. The molecular weight excluding hydrogens is 250 g/mol. The summed E-state index contributed by atoms with van der Waals surface area (Å²) in [5, 5.41) is 2.85. The summed E-state index contributed by atoms with van der Waals surface area (Å²) in [6, 6.07) is 2.11. The first-order chi connectivity index (χ1) is 6.16. The fraction of sp³-hybridized carbons (Fsp3) is 0.444. The SMILES string of the molecule is Cc1cc(Br)c(C2CNC(=O)C2)s1. The molecule has 1 aromatic heterocycles. The van der Waals surface area contributed by atoms with E-state index in [-0.39, 0.29) is 5.91 Å². The van der Waals surface area contributed by atoms with Crippen molar-refractivity contribution in [3.05, 3.63) is 20.3 Å². The van der Waals surface area contributed by atoms with Crippen LogP contribution in [0.1, 0.15) is 22.1 Å². The van der Waals surface area contributed by atoms with Gasteiger partial charge in [-0.2, -0.15) is 0 Å². The number of hydrogen-bond acceptors (Lipinski definition) is 2. The van der Waals surface area contributed by atoms with Crippen LogP contribution in [0.5, 0.6) is 0 Å². The highest BCUT2D eigenvalue weighted by atomic mass is 79.9. The van der Waals surface area contributed by atoms with Crippen LogP contribution in [0.3, 0.4) is 0 Å². The van der Waals surface area contributed by atoms with E-state index in [0.29, 0.717) is 12.3 Å². The van der Waals surface area contributed by atoms with Gasteiger partial charge in [-0.3, -0.25) is 4.79 Å². The van der Waals surface area contributed by atoms with Crippen molar-refractivity contribution in [1.29, 1.82) is 0 Å². The van der Waals surface area contributed by atoms with Crippen LogP contribution in [0.15, 0.2) is 10.5 Å². The number of rotatable bonds is 1. The minimum atomic E-state index is 0.169. The van der Waals surface area contributed by atoms with Gasteiger partial charge < -0.3 is 5.32 Å². The van der Waals surface area contributed by atoms with Crippen LogP contribution in [0.25, 0.3) is 0 Å². The predicted octanol–water partition coefficient (Wildman–Crippen LogP) is 2.42. The van der Waals surface area contributed by atoms with Gasteiger partial charge in [-0.25, -0.2) is 0 Å². The number of amides is 1. The third-order valence-corrected chi connectivity index (χ3v) is 4.32. The molecule has 1 aromatic rings. The van der Waals surface area contributed by atoms with E-state index in [1.165, 1.54) is 9.75 Å². The maximum absolute atomic E-state index is 11.0. The van der Waals surface area contributed by atoms with Crippen molar-refractivity contribution in [2.75, 3.05) is 6.54 Å². The van der Waals surface area contributed by atoms with Crippen LogP contribution in [-0.4, -0.2) is 12.5 Å². The zero-order valence-electron chi connectivity index (χ0n) is 7.26. The Morgan fingerprint density at radius 3 is 2.92 bits per heavy atom. The smallest absolute Gasteiger partial charge is 0.220 e. The summed E-state index contributed by atoms with van der Waals surface area (Å²) in [6.45, 7) is 2.88. The number of hydrogen-bond donors (Lipinski definition) is 1. The molecule has 0 spiro atoms. The monoisotopic (exact) mass is 259 g/mol. The molecule has 1 N–H and O–H groups in total. The molecule has 0 aliphatic carbocycles. The molecule has 70 valence electrons. The van der Waals surface area contributed by atoms with Crippen molar-refractivity contribution in [1.82, 2.24) is 5.32 Å². The lowest BCUT2D eigenvalue weighted by Crippen LogP contribution is -2.13. The standard InChI is InChI=1S/C9H10BrNOS/c1-5-2-7(10)9(13-5)6-3-8(12)11-4-6/h2,6H,3-4H2,1H3,(H,11,12). The summed E-state index contributed by atoms with van der Waals surface area (Å²) in [6.07, 6.45) is 0.637. The molecular formula is C9H10BrNOS. The van der Waals surface area contributed by atoms with E-state index in [4.69, 9.17) is 0 Å². The minimum Gasteiger partial charge on any atom is -0.355 e. The van der Waals surface area contributed by atoms with E-state index in [2.05, 4.69) is 34.2 Å². The lowest BCUT2D eigenvalue weighted by atomic mass is 10.1. The molecule has 13 heavy (non-hydrogen) atoms. The van der Waals surface area contributed by atoms with Crippen LogP contribution in [0.2, 0.25) is 0 Å². The van der Waals surface area contributed by atoms with E-state index in [0.717, 1.165) is 11.0 Å². The molecule has 1 atom stereocenters. The number of carbonyl (C=O) groups is 1. The molecule has 0 aromatic carbocycles. The fourth-order valence-corrected chi connectivity index (χ4v) is 3.65. The molecule has 1 amide bonds. The second-order valence-corrected chi connectivity index (χ2v) is 5.42. The maximum Gasteiger partial charge on any atom is 0.220 e. The van der Waals surface area contributed by atoms with Gasteiger partial charge in [0.2, 0.25) is 5.91 Å². The lowest BCUT2D eigenvalue weighted by molar-refractivity contribution is -0.119. The van der Waals surface area contributed by atoms with E-state index in [9.17, 15) is 4.79 Å². The Kier molecular flexibility index (Phi) is 2.43. The Labute approximate surface area is 89.5 Å². The summed E-state index contributed by atoms with van der Waals surface area (Å²) in [4.78, 5) is 13.6. The van der Waals surface area contributed by atoms with Gasteiger partial charge in [0.25, 0.3) is 0 Å². The molecule has 2 nitrogen and oxygen atoms in total. The van der Waals surface area contributed by atoms with Gasteiger partial charge >= 0.3 is 0 Å². The molecule has 1 unspecified atom stereocenters. The topological polar surface area (TPSA) is 29.1 Å². The van der Waals surface area contributed by atoms with E-state index in [1.54, 1.807) is 11.3 Å². The van der Waals surface area contributed by atoms with Crippen molar-refractivity contribution in [3.63, 3.8) is 0 Å². The quantitative estimate of drug-likeness (QED) is 0.825. The normalized spacial score (nSPS) is 22.0. The number of nitrogens with one attached hydrogen (secondary N) is 1. The molecule has 1 fully saturated rings. The van der Waals surface area contributed by atoms with Crippen LogP contribution < -0.4 is 5.32 Å². The molecule has 0 saturated carbocycles. The largest absolute Gasteiger partial charge is 0.355 e. The molecule has 2 heterocycles. The Bertz CT molecular complexity index is 347. The van der Waals surface area contributed by atoms with Gasteiger partial charge in [-0.1, -0.05) is 0 Å². The van der Waals surface area contributed by atoms with Gasteiger partial charge in [-0.15, -0.1) is 11.3 Å². The van der Waals surface area contributed by atoms with Crippen LogP contribution in [-0.2, 0) is 4.79 Å². The van der Waals surface area contributed by atoms with Gasteiger partial charge in [0.1, 0.15) is 0 Å². The Morgan fingerprint density at radius 2 is 2.46 bits per heavy atom. The van der Waals surface area contributed by atoms with Crippen molar-refractivity contribution in [2.24, 2.45) is 0 Å². The number of aryl methyl sites for hydroxylation is 1. The average molecular weight is 260 g/mol. The molecule has 1 aliphatic heterocycles. The highest BCUT2D eigenvalue weighted by Gasteiger charge is 2.25. The summed E-state index contributed by atoms with van der Waals surface area (Å²) in [5.74, 6) is 0.545. The van der Waals surface area contributed by atoms with Crippen LogP contribution in [0, 0.1) is 6.92 Å². The maximum atomic E-state index is 11.0. The van der Waals surface area contributed by atoms with Crippen molar-refractivity contribution >= 4 is 33.2 Å². The van der Waals surface area contributed by atoms with Gasteiger partial charge in [0.15, 0.2) is 0 Å². The third kappa shape index (κ3) is 1.79. The molecule has 0 bridgehead atoms. The molecule has 2 rings (SSSR count). The molecule has 4 heteroatoms. The predicted molar refractivity (Wildman–Crippen MR) is 57.1 cm³/mol. The van der Waals surface area contributed by atoms with Gasteiger partial charge in [0.05, 0.1) is 0 Å². The first-order valence-corrected chi connectivity index (χ1v) is 5.80.